The van der Waals surface area contributed by atoms with E-state index in [1.165, 1.54) is 11.1 Å². The molecule has 1 aliphatic rings. The maximum absolute atomic E-state index is 12.6. The average molecular weight is 336 g/mol. The van der Waals surface area contributed by atoms with Gasteiger partial charge in [-0.1, -0.05) is 48.5 Å². The topological polar surface area (TPSA) is 47.9 Å². The second kappa shape index (κ2) is 7.83. The summed E-state index contributed by atoms with van der Waals surface area (Å²) in [5, 5.41) is 3.18. The Kier molecular flexibility index (Phi) is 5.33. The van der Waals surface area contributed by atoms with Crippen LogP contribution in [0.25, 0.3) is 0 Å². The van der Waals surface area contributed by atoms with Gasteiger partial charge in [-0.15, -0.1) is 0 Å². The summed E-state index contributed by atoms with van der Waals surface area (Å²) in [5.74, 6) is 0.781. The Bertz CT molecular complexity index is 757. The van der Waals surface area contributed by atoms with E-state index in [4.69, 9.17) is 0 Å². The third kappa shape index (κ3) is 3.99. The first kappa shape index (κ1) is 17.0. The molecule has 1 aliphatic heterocycles. The zero-order valence-corrected chi connectivity index (χ0v) is 14.8. The van der Waals surface area contributed by atoms with E-state index >= 15 is 0 Å². The summed E-state index contributed by atoms with van der Waals surface area (Å²) in [4.78, 5) is 20.8. The van der Waals surface area contributed by atoms with Gasteiger partial charge in [-0.3, -0.25) is 9.79 Å². The smallest absolute Gasteiger partial charge is 0.246 e. The Labute approximate surface area is 149 Å². The predicted octanol–water partition coefficient (Wildman–Crippen LogP) is 2.28. The monoisotopic (exact) mass is 336 g/mol. The molecule has 0 saturated carbocycles. The van der Waals surface area contributed by atoms with E-state index in [9.17, 15) is 4.79 Å². The van der Waals surface area contributed by atoms with E-state index < -0.39 is 0 Å². The summed E-state index contributed by atoms with van der Waals surface area (Å²) in [6.07, 6.45) is 0.921. The minimum atomic E-state index is 0.0687. The van der Waals surface area contributed by atoms with Crippen LogP contribution in [-0.4, -0.2) is 44.0 Å². The first-order valence-corrected chi connectivity index (χ1v) is 8.53. The van der Waals surface area contributed by atoms with Crippen molar-refractivity contribution in [1.82, 2.24) is 10.2 Å². The highest BCUT2D eigenvalue weighted by Gasteiger charge is 2.24. The van der Waals surface area contributed by atoms with E-state index in [1.807, 2.05) is 53.2 Å². The molecule has 1 heterocycles. The standard InChI is InChI=1S/C20H24N4O/c1-21-20(23(2)15-16-8-4-3-5-9-16)22-14-19(25)24-13-12-17-10-6-7-11-18(17)24/h3-11H,12-15H2,1-2H3,(H,21,22). The fraction of sp³-hybridized carbons (Fsp3) is 0.300. The first-order chi connectivity index (χ1) is 12.2. The van der Waals surface area contributed by atoms with Crippen LogP contribution < -0.4 is 10.2 Å². The maximum Gasteiger partial charge on any atom is 0.246 e. The van der Waals surface area contributed by atoms with E-state index in [-0.39, 0.29) is 12.5 Å². The van der Waals surface area contributed by atoms with Crippen LogP contribution in [0.2, 0.25) is 0 Å². The van der Waals surface area contributed by atoms with Gasteiger partial charge in [0.1, 0.15) is 0 Å². The fourth-order valence-electron chi connectivity index (χ4n) is 3.16. The van der Waals surface area contributed by atoms with Crippen molar-refractivity contribution in [2.75, 3.05) is 32.1 Å². The molecule has 0 saturated heterocycles. The normalized spacial score (nSPS) is 13.5. The molecule has 1 amide bonds. The minimum Gasteiger partial charge on any atom is -0.347 e. The molecule has 25 heavy (non-hydrogen) atoms. The van der Waals surface area contributed by atoms with Gasteiger partial charge in [0.2, 0.25) is 5.91 Å². The zero-order valence-electron chi connectivity index (χ0n) is 14.8. The van der Waals surface area contributed by atoms with E-state index in [2.05, 4.69) is 28.5 Å². The molecule has 5 nitrogen and oxygen atoms in total. The molecule has 0 aliphatic carbocycles. The number of hydrogen-bond acceptors (Lipinski definition) is 2. The Morgan fingerprint density at radius 3 is 2.64 bits per heavy atom. The van der Waals surface area contributed by atoms with Crippen LogP contribution in [0.15, 0.2) is 59.6 Å². The largest absolute Gasteiger partial charge is 0.347 e. The summed E-state index contributed by atoms with van der Waals surface area (Å²) in [6.45, 7) is 1.72. The fourth-order valence-corrected chi connectivity index (χ4v) is 3.16. The van der Waals surface area contributed by atoms with Crippen LogP contribution >= 0.6 is 0 Å². The van der Waals surface area contributed by atoms with Crippen molar-refractivity contribution in [1.29, 1.82) is 0 Å². The Morgan fingerprint density at radius 2 is 1.88 bits per heavy atom. The lowest BCUT2D eigenvalue weighted by molar-refractivity contribution is -0.117. The second-order valence-corrected chi connectivity index (χ2v) is 6.17. The van der Waals surface area contributed by atoms with Gasteiger partial charge in [-0.05, 0) is 23.6 Å². The summed E-state index contributed by atoms with van der Waals surface area (Å²) < 4.78 is 0. The molecule has 1 N–H and O–H groups in total. The van der Waals surface area contributed by atoms with Crippen LogP contribution in [0.3, 0.4) is 0 Å². The van der Waals surface area contributed by atoms with Crippen molar-refractivity contribution in [2.24, 2.45) is 4.99 Å². The number of nitrogens with zero attached hydrogens (tertiary/aromatic N) is 3. The number of aliphatic imine (C=N–C) groups is 1. The molecule has 3 rings (SSSR count). The number of carbonyl (C=O) groups is 1. The van der Waals surface area contributed by atoms with E-state index in [0.29, 0.717) is 5.96 Å². The van der Waals surface area contributed by atoms with E-state index in [0.717, 1.165) is 25.2 Å². The number of nitrogens with one attached hydrogen (secondary N) is 1. The molecule has 0 unspecified atom stereocenters. The third-order valence-electron chi connectivity index (χ3n) is 4.42. The highest BCUT2D eigenvalue weighted by atomic mass is 16.2. The molecular weight excluding hydrogens is 312 g/mol. The summed E-state index contributed by atoms with van der Waals surface area (Å²) >= 11 is 0. The lowest BCUT2D eigenvalue weighted by Gasteiger charge is -2.23. The Hall–Kier alpha value is -2.82. The van der Waals surface area contributed by atoms with Crippen molar-refractivity contribution >= 4 is 17.6 Å². The van der Waals surface area contributed by atoms with Crippen LogP contribution in [0.4, 0.5) is 5.69 Å². The van der Waals surface area contributed by atoms with Crippen molar-refractivity contribution in [3.8, 4) is 0 Å². The van der Waals surface area contributed by atoms with Gasteiger partial charge >= 0.3 is 0 Å². The van der Waals surface area contributed by atoms with Crippen molar-refractivity contribution in [3.05, 3.63) is 65.7 Å². The number of rotatable bonds is 4. The van der Waals surface area contributed by atoms with Gasteiger partial charge in [0.05, 0.1) is 6.54 Å². The highest BCUT2D eigenvalue weighted by molar-refractivity contribution is 5.98. The molecular formula is C20H24N4O. The number of hydrogen-bond donors (Lipinski definition) is 1. The molecule has 2 aromatic rings. The van der Waals surface area contributed by atoms with Crippen LogP contribution in [0.1, 0.15) is 11.1 Å². The molecule has 0 radical (unpaired) electrons. The van der Waals surface area contributed by atoms with E-state index in [1.54, 1.807) is 7.05 Å². The lowest BCUT2D eigenvalue weighted by atomic mass is 10.2. The predicted molar refractivity (Wildman–Crippen MR) is 102 cm³/mol. The molecule has 0 aromatic heterocycles. The summed E-state index contributed by atoms with van der Waals surface area (Å²) in [5.41, 5.74) is 3.47. The van der Waals surface area contributed by atoms with Gasteiger partial charge in [0, 0.05) is 32.9 Å². The van der Waals surface area contributed by atoms with Crippen LogP contribution in [0.5, 0.6) is 0 Å². The van der Waals surface area contributed by atoms with Gasteiger partial charge in [-0.2, -0.15) is 0 Å². The molecule has 0 spiro atoms. The van der Waals surface area contributed by atoms with Gasteiger partial charge in [-0.25, -0.2) is 0 Å². The molecule has 2 aromatic carbocycles. The van der Waals surface area contributed by atoms with Crippen molar-refractivity contribution < 1.29 is 4.79 Å². The Balaban J connectivity index is 1.57. The lowest BCUT2D eigenvalue weighted by Crippen LogP contribution is -2.44. The van der Waals surface area contributed by atoms with Gasteiger partial charge in [0.15, 0.2) is 5.96 Å². The highest BCUT2D eigenvalue weighted by Crippen LogP contribution is 2.27. The maximum atomic E-state index is 12.6. The molecule has 0 bridgehead atoms. The zero-order chi connectivity index (χ0) is 17.6. The van der Waals surface area contributed by atoms with Gasteiger partial charge in [0.25, 0.3) is 0 Å². The number of fused-ring (bicyclic) bond motifs is 1. The minimum absolute atomic E-state index is 0.0687. The molecule has 130 valence electrons. The third-order valence-corrected chi connectivity index (χ3v) is 4.42. The number of carbonyl (C=O) groups excluding carboxylic acids is 1. The molecule has 0 fully saturated rings. The van der Waals surface area contributed by atoms with Crippen molar-refractivity contribution in [2.45, 2.75) is 13.0 Å². The summed E-state index contributed by atoms with van der Waals surface area (Å²) in [7, 11) is 3.71. The van der Waals surface area contributed by atoms with Crippen LogP contribution in [0, 0.1) is 0 Å². The average Bonchev–Trinajstić information content (AvgIpc) is 3.07. The molecule has 5 heteroatoms. The molecule has 0 atom stereocenters. The Morgan fingerprint density at radius 1 is 1.16 bits per heavy atom. The van der Waals surface area contributed by atoms with Crippen molar-refractivity contribution in [3.63, 3.8) is 0 Å². The number of benzene rings is 2. The number of anilines is 1. The van der Waals surface area contributed by atoms with Crippen LogP contribution in [-0.2, 0) is 17.8 Å². The number of guanidine groups is 1. The number of para-hydroxylation sites is 1. The SMILES string of the molecule is CN=C(NCC(=O)N1CCc2ccccc21)N(C)Cc1ccccc1. The second-order valence-electron chi connectivity index (χ2n) is 6.17. The summed E-state index contributed by atoms with van der Waals surface area (Å²) in [6, 6.07) is 18.3. The number of amides is 1. The first-order valence-electron chi connectivity index (χ1n) is 8.53. The van der Waals surface area contributed by atoms with Gasteiger partial charge < -0.3 is 15.1 Å². The quantitative estimate of drug-likeness (QED) is 0.688.